The number of β-amino-alcohol motifs (C(OH)–C–C–N with tert-alkyl or cyclic N) is 1. The average molecular weight is 584 g/mol. The van der Waals surface area contributed by atoms with Crippen molar-refractivity contribution in [2.75, 3.05) is 39.8 Å². The van der Waals surface area contributed by atoms with Gasteiger partial charge >= 0.3 is 0 Å². The highest BCUT2D eigenvalue weighted by Crippen LogP contribution is 2.26. The van der Waals surface area contributed by atoms with Gasteiger partial charge in [-0.05, 0) is 31.5 Å². The number of para-hydroxylation sites is 1. The second kappa shape index (κ2) is 13.2. The van der Waals surface area contributed by atoms with Gasteiger partial charge in [0.2, 0.25) is 17.7 Å². The topological polar surface area (TPSA) is 128 Å². The Morgan fingerprint density at radius 3 is 2.48 bits per heavy atom. The van der Waals surface area contributed by atoms with Gasteiger partial charge in [0.05, 0.1) is 17.9 Å². The van der Waals surface area contributed by atoms with Crippen molar-refractivity contribution in [2.45, 2.75) is 77.7 Å². The van der Waals surface area contributed by atoms with Crippen LogP contribution in [-0.4, -0.2) is 100 Å². The molecule has 42 heavy (non-hydrogen) atoms. The zero-order valence-corrected chi connectivity index (χ0v) is 25.6. The summed E-state index contributed by atoms with van der Waals surface area (Å²) in [6, 6.07) is 5.18. The van der Waals surface area contributed by atoms with Crippen LogP contribution in [-0.2, 0) is 21.6 Å². The molecule has 3 heterocycles. The number of benzene rings is 1. The van der Waals surface area contributed by atoms with E-state index < -0.39 is 24.1 Å². The first-order valence-corrected chi connectivity index (χ1v) is 14.8. The Morgan fingerprint density at radius 2 is 1.83 bits per heavy atom. The minimum atomic E-state index is -0.875. The fraction of sp³-hybridized carbons (Fsp3) is 0.613. The molecule has 2 aliphatic heterocycles. The Morgan fingerprint density at radius 1 is 1.14 bits per heavy atom. The molecule has 2 aromatic rings. The normalized spacial score (nSPS) is 20.6. The van der Waals surface area contributed by atoms with E-state index in [4.69, 9.17) is 9.15 Å². The van der Waals surface area contributed by atoms with Crippen LogP contribution in [0.1, 0.15) is 69.5 Å². The summed E-state index contributed by atoms with van der Waals surface area (Å²) in [7, 11) is 2.01. The van der Waals surface area contributed by atoms with Crippen molar-refractivity contribution in [2.24, 2.45) is 5.92 Å². The molecular weight excluding hydrogens is 538 g/mol. The highest BCUT2D eigenvalue weighted by atomic mass is 16.5. The number of oxazole rings is 1. The lowest BCUT2D eigenvalue weighted by molar-refractivity contribution is -0.145. The maximum absolute atomic E-state index is 13.9. The standard InChI is InChI=1S/C31H45N5O6/c1-20(2)15-23(29(39)36-18-21(37)16-24(36)30(40)35-13-11-34(6)12-14-35)33-28(38)22-9-7-8-10-25(22)41-19-27-32-17-26(42-27)31(3,4)5/h7-10,17,20-21,23-24,37H,11-16,18-19H2,1-6H3,(H,33,38)/t21-,23+,24+/m0/s1. The second-order valence-electron chi connectivity index (χ2n) is 12.8. The lowest BCUT2D eigenvalue weighted by Crippen LogP contribution is -2.56. The Balaban J connectivity index is 1.47. The Labute approximate surface area is 248 Å². The molecule has 1 aromatic heterocycles. The predicted molar refractivity (Wildman–Crippen MR) is 157 cm³/mol. The van der Waals surface area contributed by atoms with Crippen LogP contribution in [0.5, 0.6) is 5.75 Å². The number of nitrogens with zero attached hydrogens (tertiary/aromatic N) is 4. The molecule has 11 nitrogen and oxygen atoms in total. The zero-order chi connectivity index (χ0) is 30.6. The molecule has 0 bridgehead atoms. The van der Waals surface area contributed by atoms with Gasteiger partial charge in [-0.2, -0.15) is 0 Å². The number of ether oxygens (including phenoxy) is 1. The fourth-order valence-corrected chi connectivity index (χ4v) is 5.30. The summed E-state index contributed by atoms with van der Waals surface area (Å²) in [6.07, 6.45) is 1.44. The first-order valence-electron chi connectivity index (χ1n) is 14.8. The summed E-state index contributed by atoms with van der Waals surface area (Å²) in [5.74, 6) is 0.573. The van der Waals surface area contributed by atoms with E-state index >= 15 is 0 Å². The summed E-state index contributed by atoms with van der Waals surface area (Å²) in [6.45, 7) is 12.8. The van der Waals surface area contributed by atoms with E-state index in [1.54, 1.807) is 35.4 Å². The van der Waals surface area contributed by atoms with Gasteiger partial charge in [-0.1, -0.05) is 46.8 Å². The highest BCUT2D eigenvalue weighted by molar-refractivity contribution is 6.00. The lowest BCUT2D eigenvalue weighted by Gasteiger charge is -2.36. The number of hydrogen-bond acceptors (Lipinski definition) is 8. The maximum atomic E-state index is 13.9. The quantitative estimate of drug-likeness (QED) is 0.461. The van der Waals surface area contributed by atoms with Gasteiger partial charge in [-0.3, -0.25) is 14.4 Å². The van der Waals surface area contributed by atoms with Crippen molar-refractivity contribution in [3.63, 3.8) is 0 Å². The number of likely N-dealkylation sites (tertiary alicyclic amines) is 1. The van der Waals surface area contributed by atoms with E-state index in [1.165, 1.54) is 4.90 Å². The molecular formula is C31H45N5O6. The number of aromatic nitrogens is 1. The molecule has 0 radical (unpaired) electrons. The maximum Gasteiger partial charge on any atom is 0.255 e. The molecule has 11 heteroatoms. The molecule has 1 aromatic carbocycles. The lowest BCUT2D eigenvalue weighted by atomic mass is 9.94. The smallest absolute Gasteiger partial charge is 0.255 e. The predicted octanol–water partition coefficient (Wildman–Crippen LogP) is 2.43. The van der Waals surface area contributed by atoms with Crippen molar-refractivity contribution >= 4 is 17.7 Å². The number of piperazine rings is 1. The first kappa shape index (κ1) is 31.5. The molecule has 3 atom stereocenters. The summed E-state index contributed by atoms with van der Waals surface area (Å²) < 4.78 is 11.7. The summed E-state index contributed by atoms with van der Waals surface area (Å²) in [5, 5.41) is 13.4. The molecule has 2 N–H and O–H groups in total. The van der Waals surface area contributed by atoms with Crippen LogP contribution in [0.15, 0.2) is 34.9 Å². The van der Waals surface area contributed by atoms with Gasteiger partial charge in [0.1, 0.15) is 23.6 Å². The van der Waals surface area contributed by atoms with Crippen LogP contribution in [0.3, 0.4) is 0 Å². The van der Waals surface area contributed by atoms with E-state index in [0.717, 1.165) is 18.8 Å². The van der Waals surface area contributed by atoms with Crippen LogP contribution >= 0.6 is 0 Å². The Hall–Kier alpha value is -3.44. The van der Waals surface area contributed by atoms with Gasteiger partial charge in [-0.15, -0.1) is 0 Å². The molecule has 0 aliphatic carbocycles. The monoisotopic (exact) mass is 583 g/mol. The average Bonchev–Trinajstić information content (AvgIpc) is 3.58. The SMILES string of the molecule is CC(C)C[C@@H](NC(=O)c1ccccc1OCc1ncc(C(C)(C)C)o1)C(=O)N1C[C@@H](O)C[C@@H]1C(=O)N1CCN(C)CC1. The van der Waals surface area contributed by atoms with Gasteiger partial charge in [0, 0.05) is 44.6 Å². The zero-order valence-electron chi connectivity index (χ0n) is 25.6. The minimum Gasteiger partial charge on any atom is -0.483 e. The molecule has 0 saturated carbocycles. The van der Waals surface area contributed by atoms with Crippen LogP contribution in [0.2, 0.25) is 0 Å². The Bertz CT molecular complexity index is 1250. The second-order valence-corrected chi connectivity index (χ2v) is 12.8. The van der Waals surface area contributed by atoms with Crippen molar-refractivity contribution in [3.05, 3.63) is 47.7 Å². The van der Waals surface area contributed by atoms with Crippen LogP contribution in [0, 0.1) is 5.92 Å². The van der Waals surface area contributed by atoms with Crippen LogP contribution in [0.4, 0.5) is 0 Å². The van der Waals surface area contributed by atoms with E-state index in [9.17, 15) is 19.5 Å². The number of amides is 3. The van der Waals surface area contributed by atoms with Gasteiger partial charge in [0.25, 0.3) is 5.91 Å². The largest absolute Gasteiger partial charge is 0.483 e. The van der Waals surface area contributed by atoms with Gasteiger partial charge < -0.3 is 34.3 Å². The number of nitrogens with one attached hydrogen (secondary N) is 1. The number of aliphatic hydroxyl groups is 1. The summed E-state index contributed by atoms with van der Waals surface area (Å²) >= 11 is 0. The number of carbonyl (C=O) groups is 3. The highest BCUT2D eigenvalue weighted by Gasteiger charge is 2.43. The van der Waals surface area contributed by atoms with Gasteiger partial charge in [-0.25, -0.2) is 4.98 Å². The molecule has 3 amide bonds. The summed E-state index contributed by atoms with van der Waals surface area (Å²) in [4.78, 5) is 50.5. The van der Waals surface area contributed by atoms with E-state index in [2.05, 4.69) is 15.2 Å². The third-order valence-electron chi connectivity index (χ3n) is 7.75. The number of hydrogen-bond donors (Lipinski definition) is 2. The molecule has 0 unspecified atom stereocenters. The fourth-order valence-electron chi connectivity index (χ4n) is 5.30. The van der Waals surface area contributed by atoms with Crippen molar-refractivity contribution < 1.29 is 28.6 Å². The molecule has 0 spiro atoms. The molecule has 2 saturated heterocycles. The third kappa shape index (κ3) is 7.69. The molecule has 4 rings (SSSR count). The third-order valence-corrected chi connectivity index (χ3v) is 7.75. The van der Waals surface area contributed by atoms with Crippen molar-refractivity contribution in [1.29, 1.82) is 0 Å². The van der Waals surface area contributed by atoms with Crippen molar-refractivity contribution in [1.82, 2.24) is 25.0 Å². The number of aliphatic hydroxyl groups excluding tert-OH is 1. The first-order chi connectivity index (χ1) is 19.8. The van der Waals surface area contributed by atoms with E-state index in [0.29, 0.717) is 31.2 Å². The van der Waals surface area contributed by atoms with E-state index in [1.807, 2.05) is 41.7 Å². The van der Waals surface area contributed by atoms with E-state index in [-0.39, 0.29) is 48.3 Å². The van der Waals surface area contributed by atoms with Crippen molar-refractivity contribution in [3.8, 4) is 5.75 Å². The summed E-state index contributed by atoms with van der Waals surface area (Å²) in [5.41, 5.74) is 0.0775. The van der Waals surface area contributed by atoms with Crippen LogP contribution in [0.25, 0.3) is 0 Å². The molecule has 2 aliphatic rings. The number of rotatable bonds is 9. The molecule has 230 valence electrons. The minimum absolute atomic E-state index is 0.0382. The molecule has 2 fully saturated rings. The van der Waals surface area contributed by atoms with Gasteiger partial charge in [0.15, 0.2) is 6.61 Å². The number of likely N-dealkylation sites (N-methyl/N-ethyl adjacent to an activating group) is 1. The van der Waals surface area contributed by atoms with Crippen LogP contribution < -0.4 is 10.1 Å². The Kier molecular flexibility index (Phi) is 9.93. The number of carbonyl (C=O) groups excluding carboxylic acids is 3.